The number of para-hydroxylation sites is 1. The SMILES string of the molecule is Cc1cc(OCC(C)COc2ccc(C(F)(F)F)cc2Oc2ccccc2)ccc1OC(C)(C)C(=O)O. The molecule has 3 aromatic rings. The Morgan fingerprint density at radius 1 is 0.865 bits per heavy atom. The van der Waals surface area contributed by atoms with Crippen molar-refractivity contribution in [1.29, 1.82) is 0 Å². The lowest BCUT2D eigenvalue weighted by molar-refractivity contribution is -0.152. The van der Waals surface area contributed by atoms with Crippen LogP contribution in [0, 0.1) is 12.8 Å². The molecule has 37 heavy (non-hydrogen) atoms. The highest BCUT2D eigenvalue weighted by molar-refractivity contribution is 5.76. The van der Waals surface area contributed by atoms with Gasteiger partial charge in [0.05, 0.1) is 18.8 Å². The zero-order chi connectivity index (χ0) is 27.2. The maximum atomic E-state index is 13.2. The Hall–Kier alpha value is -3.88. The van der Waals surface area contributed by atoms with E-state index in [2.05, 4.69) is 0 Å². The first-order valence-corrected chi connectivity index (χ1v) is 11.6. The first-order chi connectivity index (χ1) is 17.3. The van der Waals surface area contributed by atoms with Crippen LogP contribution in [0.5, 0.6) is 28.7 Å². The monoisotopic (exact) mass is 518 g/mol. The van der Waals surface area contributed by atoms with E-state index in [1.807, 2.05) is 6.92 Å². The summed E-state index contributed by atoms with van der Waals surface area (Å²) in [5.41, 5.74) is -1.50. The standard InChI is InChI=1S/C28H29F3O6/c1-18(16-34-22-11-13-23(19(2)14-22)37-27(3,4)26(32)33)17-35-24-12-10-20(28(29,30)31)15-25(24)36-21-8-6-5-7-9-21/h5-15,18H,16-17H2,1-4H3,(H,32,33). The highest BCUT2D eigenvalue weighted by Crippen LogP contribution is 2.38. The van der Waals surface area contributed by atoms with Crippen molar-refractivity contribution in [1.82, 2.24) is 0 Å². The molecule has 6 nitrogen and oxygen atoms in total. The minimum atomic E-state index is -4.52. The van der Waals surface area contributed by atoms with Gasteiger partial charge in [0.25, 0.3) is 0 Å². The summed E-state index contributed by atoms with van der Waals surface area (Å²) >= 11 is 0. The van der Waals surface area contributed by atoms with Crippen molar-refractivity contribution < 1.29 is 42.0 Å². The lowest BCUT2D eigenvalue weighted by Crippen LogP contribution is -2.38. The van der Waals surface area contributed by atoms with E-state index in [-0.39, 0.29) is 30.6 Å². The summed E-state index contributed by atoms with van der Waals surface area (Å²) < 4.78 is 62.6. The number of carboxylic acids is 1. The Bertz CT molecular complexity index is 1210. The first-order valence-electron chi connectivity index (χ1n) is 11.6. The Balaban J connectivity index is 1.62. The summed E-state index contributed by atoms with van der Waals surface area (Å²) in [5.74, 6) is 0.335. The van der Waals surface area contributed by atoms with Crippen LogP contribution in [0.1, 0.15) is 31.9 Å². The van der Waals surface area contributed by atoms with Gasteiger partial charge in [0.15, 0.2) is 17.1 Å². The van der Waals surface area contributed by atoms with Gasteiger partial charge in [-0.05, 0) is 74.9 Å². The van der Waals surface area contributed by atoms with Crippen LogP contribution < -0.4 is 18.9 Å². The zero-order valence-corrected chi connectivity index (χ0v) is 21.0. The summed E-state index contributed by atoms with van der Waals surface area (Å²) in [6, 6.07) is 16.7. The van der Waals surface area contributed by atoms with Crippen LogP contribution in [0.3, 0.4) is 0 Å². The molecule has 9 heteroatoms. The number of hydrogen-bond donors (Lipinski definition) is 1. The molecule has 0 amide bonds. The smallest absolute Gasteiger partial charge is 0.416 e. The molecule has 0 bridgehead atoms. The molecule has 1 N–H and O–H groups in total. The first kappa shape index (κ1) is 27.7. The normalized spacial score (nSPS) is 12.5. The highest BCUT2D eigenvalue weighted by Gasteiger charge is 2.32. The molecule has 0 heterocycles. The lowest BCUT2D eigenvalue weighted by Gasteiger charge is -2.23. The summed E-state index contributed by atoms with van der Waals surface area (Å²) in [5, 5.41) is 9.25. The summed E-state index contributed by atoms with van der Waals surface area (Å²) in [6.07, 6.45) is -4.52. The summed E-state index contributed by atoms with van der Waals surface area (Å²) in [6.45, 7) is 7.04. The maximum absolute atomic E-state index is 13.2. The number of aliphatic carboxylic acids is 1. The van der Waals surface area contributed by atoms with Gasteiger partial charge in [0.1, 0.15) is 17.2 Å². The van der Waals surface area contributed by atoms with Crippen LogP contribution in [-0.4, -0.2) is 29.9 Å². The fraction of sp³-hybridized carbons (Fsp3) is 0.321. The van der Waals surface area contributed by atoms with Crippen LogP contribution in [-0.2, 0) is 11.0 Å². The molecule has 1 atom stereocenters. The van der Waals surface area contributed by atoms with E-state index in [1.165, 1.54) is 19.9 Å². The van der Waals surface area contributed by atoms with Crippen LogP contribution in [0.2, 0.25) is 0 Å². The number of rotatable bonds is 11. The number of benzene rings is 3. The van der Waals surface area contributed by atoms with E-state index < -0.39 is 23.3 Å². The van der Waals surface area contributed by atoms with Crippen LogP contribution in [0.25, 0.3) is 0 Å². The molecule has 0 radical (unpaired) electrons. The van der Waals surface area contributed by atoms with E-state index in [1.54, 1.807) is 55.5 Å². The topological polar surface area (TPSA) is 74.2 Å². The van der Waals surface area contributed by atoms with Crippen molar-refractivity contribution in [2.75, 3.05) is 13.2 Å². The van der Waals surface area contributed by atoms with Crippen molar-refractivity contribution >= 4 is 5.97 Å². The van der Waals surface area contributed by atoms with Crippen LogP contribution >= 0.6 is 0 Å². The molecule has 0 spiro atoms. The van der Waals surface area contributed by atoms with Crippen molar-refractivity contribution in [3.63, 3.8) is 0 Å². The number of alkyl halides is 3. The van der Waals surface area contributed by atoms with Gasteiger partial charge in [-0.25, -0.2) is 4.79 Å². The third-order valence-electron chi connectivity index (χ3n) is 5.33. The zero-order valence-electron chi connectivity index (χ0n) is 21.0. The third-order valence-corrected chi connectivity index (χ3v) is 5.33. The van der Waals surface area contributed by atoms with Gasteiger partial charge in [0.2, 0.25) is 0 Å². The largest absolute Gasteiger partial charge is 0.493 e. The fourth-order valence-electron chi connectivity index (χ4n) is 3.16. The maximum Gasteiger partial charge on any atom is 0.416 e. The predicted octanol–water partition coefficient (Wildman–Crippen LogP) is 7.14. The van der Waals surface area contributed by atoms with Crippen molar-refractivity contribution in [2.45, 2.75) is 39.5 Å². The number of ether oxygens (including phenoxy) is 4. The van der Waals surface area contributed by atoms with Crippen molar-refractivity contribution in [3.05, 3.63) is 77.9 Å². The molecule has 0 aromatic heterocycles. The number of carboxylic acid groups (broad SMARTS) is 1. The van der Waals surface area contributed by atoms with E-state index in [0.29, 0.717) is 22.8 Å². The summed E-state index contributed by atoms with van der Waals surface area (Å²) in [7, 11) is 0. The lowest BCUT2D eigenvalue weighted by atomic mass is 10.1. The number of carbonyl (C=O) groups is 1. The molecule has 0 aliphatic heterocycles. The number of hydrogen-bond acceptors (Lipinski definition) is 5. The molecule has 0 saturated carbocycles. The van der Waals surface area contributed by atoms with Gasteiger partial charge in [-0.3, -0.25) is 0 Å². The van der Waals surface area contributed by atoms with Gasteiger partial charge in [0, 0.05) is 5.92 Å². The number of aryl methyl sites for hydroxylation is 1. The summed E-state index contributed by atoms with van der Waals surface area (Å²) in [4.78, 5) is 11.3. The average molecular weight is 519 g/mol. The Labute approximate surface area is 213 Å². The molecule has 198 valence electrons. The second-order valence-corrected chi connectivity index (χ2v) is 9.15. The molecule has 0 aliphatic carbocycles. The van der Waals surface area contributed by atoms with E-state index in [4.69, 9.17) is 18.9 Å². The Morgan fingerprint density at radius 3 is 2.14 bits per heavy atom. The third kappa shape index (κ3) is 7.80. The number of halogens is 3. The predicted molar refractivity (Wildman–Crippen MR) is 132 cm³/mol. The molecule has 0 aliphatic rings. The Morgan fingerprint density at radius 2 is 1.51 bits per heavy atom. The quantitative estimate of drug-likeness (QED) is 0.291. The molecule has 3 aromatic carbocycles. The van der Waals surface area contributed by atoms with E-state index in [0.717, 1.165) is 12.1 Å². The molecule has 0 saturated heterocycles. The minimum Gasteiger partial charge on any atom is -0.493 e. The van der Waals surface area contributed by atoms with Gasteiger partial charge in [-0.1, -0.05) is 25.1 Å². The van der Waals surface area contributed by atoms with Crippen molar-refractivity contribution in [2.24, 2.45) is 5.92 Å². The molecule has 0 fully saturated rings. The van der Waals surface area contributed by atoms with Gasteiger partial charge in [-0.15, -0.1) is 0 Å². The van der Waals surface area contributed by atoms with Gasteiger partial charge in [-0.2, -0.15) is 13.2 Å². The van der Waals surface area contributed by atoms with Crippen molar-refractivity contribution in [3.8, 4) is 28.7 Å². The average Bonchev–Trinajstić information content (AvgIpc) is 2.83. The molecule has 3 rings (SSSR count). The van der Waals surface area contributed by atoms with E-state index in [9.17, 15) is 23.1 Å². The minimum absolute atomic E-state index is 0.0374. The second-order valence-electron chi connectivity index (χ2n) is 9.15. The Kier molecular flexibility index (Phi) is 8.57. The fourth-order valence-corrected chi connectivity index (χ4v) is 3.16. The van der Waals surface area contributed by atoms with E-state index >= 15 is 0 Å². The molecular formula is C28H29F3O6. The van der Waals surface area contributed by atoms with Gasteiger partial charge < -0.3 is 24.1 Å². The van der Waals surface area contributed by atoms with Crippen LogP contribution in [0.4, 0.5) is 13.2 Å². The van der Waals surface area contributed by atoms with Gasteiger partial charge >= 0.3 is 12.1 Å². The highest BCUT2D eigenvalue weighted by atomic mass is 19.4. The molecular weight excluding hydrogens is 489 g/mol. The molecule has 1 unspecified atom stereocenters. The second kappa shape index (κ2) is 11.5. The van der Waals surface area contributed by atoms with Crippen LogP contribution in [0.15, 0.2) is 66.7 Å².